The molecule has 2 heterocycles. The number of rotatable bonds is 6. The zero-order chi connectivity index (χ0) is 18.0. The molecule has 0 saturated heterocycles. The predicted molar refractivity (Wildman–Crippen MR) is 96.5 cm³/mol. The lowest BCUT2D eigenvalue weighted by Gasteiger charge is -2.26. The van der Waals surface area contributed by atoms with Gasteiger partial charge in [-0.15, -0.1) is 11.3 Å². The molecule has 3 rings (SSSR count). The highest BCUT2D eigenvalue weighted by atomic mass is 32.1. The zero-order valence-corrected chi connectivity index (χ0v) is 15.2. The SMILES string of the molecule is COCCN(C(=O)c1csc2nc(-c3ccccc3F)cn12)C(C)C. The summed E-state index contributed by atoms with van der Waals surface area (Å²) >= 11 is 1.37. The van der Waals surface area contributed by atoms with E-state index >= 15 is 0 Å². The molecule has 1 aromatic carbocycles. The molecule has 0 fully saturated rings. The van der Waals surface area contributed by atoms with E-state index in [1.54, 1.807) is 46.2 Å². The molecule has 0 spiro atoms. The Morgan fingerprint density at radius 3 is 2.84 bits per heavy atom. The van der Waals surface area contributed by atoms with Crippen LogP contribution in [-0.4, -0.2) is 46.5 Å². The van der Waals surface area contributed by atoms with Crippen LogP contribution in [0.4, 0.5) is 4.39 Å². The number of fused-ring (bicyclic) bond motifs is 1. The number of carbonyl (C=O) groups excluding carboxylic acids is 1. The molecule has 1 amide bonds. The van der Waals surface area contributed by atoms with E-state index < -0.39 is 0 Å². The fourth-order valence-corrected chi connectivity index (χ4v) is 3.51. The Bertz CT molecular complexity index is 887. The van der Waals surface area contributed by atoms with E-state index in [1.165, 1.54) is 17.4 Å². The molecular formula is C18H20FN3O2S. The molecule has 25 heavy (non-hydrogen) atoms. The minimum absolute atomic E-state index is 0.0483. The number of hydrogen-bond acceptors (Lipinski definition) is 4. The van der Waals surface area contributed by atoms with Gasteiger partial charge in [-0.05, 0) is 26.0 Å². The van der Waals surface area contributed by atoms with Crippen LogP contribution in [0.15, 0.2) is 35.8 Å². The first-order chi connectivity index (χ1) is 12.0. The number of ether oxygens (including phenoxy) is 1. The topological polar surface area (TPSA) is 46.8 Å². The van der Waals surface area contributed by atoms with Gasteiger partial charge >= 0.3 is 0 Å². The molecule has 0 saturated carbocycles. The highest BCUT2D eigenvalue weighted by molar-refractivity contribution is 7.15. The summed E-state index contributed by atoms with van der Waals surface area (Å²) in [5.41, 5.74) is 1.48. The maximum Gasteiger partial charge on any atom is 0.272 e. The molecular weight excluding hydrogens is 341 g/mol. The molecule has 3 aromatic rings. The van der Waals surface area contributed by atoms with Crippen LogP contribution in [0.2, 0.25) is 0 Å². The number of aromatic nitrogens is 2. The summed E-state index contributed by atoms with van der Waals surface area (Å²) in [5, 5.41) is 1.79. The standard InChI is InChI=1S/C18H20FN3O2S/c1-12(2)21(8-9-24-3)17(23)16-11-25-18-20-15(10-22(16)18)13-6-4-5-7-14(13)19/h4-7,10-12H,8-9H2,1-3H3. The Morgan fingerprint density at radius 2 is 2.16 bits per heavy atom. The van der Waals surface area contributed by atoms with E-state index in [0.717, 1.165) is 0 Å². The summed E-state index contributed by atoms with van der Waals surface area (Å²) in [6.07, 6.45) is 1.71. The van der Waals surface area contributed by atoms with Gasteiger partial charge in [0, 0.05) is 36.8 Å². The molecule has 0 bridgehead atoms. The van der Waals surface area contributed by atoms with Gasteiger partial charge in [0.1, 0.15) is 11.5 Å². The van der Waals surface area contributed by atoms with Gasteiger partial charge < -0.3 is 9.64 Å². The number of thiazole rings is 1. The Kier molecular flexibility index (Phi) is 5.15. The molecule has 0 unspecified atom stereocenters. The second-order valence-corrected chi connectivity index (χ2v) is 6.80. The van der Waals surface area contributed by atoms with Crippen molar-refractivity contribution in [2.75, 3.05) is 20.3 Å². The predicted octanol–water partition coefficient (Wildman–Crippen LogP) is 3.70. The van der Waals surface area contributed by atoms with Crippen LogP contribution >= 0.6 is 11.3 Å². The first kappa shape index (κ1) is 17.6. The van der Waals surface area contributed by atoms with Crippen molar-refractivity contribution >= 4 is 22.2 Å². The largest absolute Gasteiger partial charge is 0.383 e. The van der Waals surface area contributed by atoms with E-state index in [4.69, 9.17) is 4.74 Å². The van der Waals surface area contributed by atoms with E-state index in [-0.39, 0.29) is 17.8 Å². The van der Waals surface area contributed by atoms with Crippen LogP contribution in [0.25, 0.3) is 16.2 Å². The molecule has 0 aliphatic heterocycles. The van der Waals surface area contributed by atoms with Gasteiger partial charge in [0.25, 0.3) is 5.91 Å². The number of carbonyl (C=O) groups is 1. The molecule has 0 N–H and O–H groups in total. The first-order valence-corrected chi connectivity index (χ1v) is 8.92. The highest BCUT2D eigenvalue weighted by Gasteiger charge is 2.23. The molecule has 0 radical (unpaired) electrons. The van der Waals surface area contributed by atoms with Gasteiger partial charge in [-0.1, -0.05) is 12.1 Å². The minimum atomic E-state index is -0.329. The van der Waals surface area contributed by atoms with Crippen molar-refractivity contribution in [2.45, 2.75) is 19.9 Å². The van der Waals surface area contributed by atoms with E-state index in [1.807, 2.05) is 13.8 Å². The molecule has 7 heteroatoms. The molecule has 0 atom stereocenters. The van der Waals surface area contributed by atoms with Crippen molar-refractivity contribution in [1.82, 2.24) is 14.3 Å². The first-order valence-electron chi connectivity index (χ1n) is 8.04. The summed E-state index contributed by atoms with van der Waals surface area (Å²) in [6.45, 7) is 4.92. The molecule has 132 valence electrons. The fourth-order valence-electron chi connectivity index (χ4n) is 2.67. The van der Waals surface area contributed by atoms with Crippen LogP contribution in [-0.2, 0) is 4.74 Å². The third-order valence-corrected chi connectivity index (χ3v) is 4.84. The molecule has 0 aliphatic rings. The Hall–Kier alpha value is -2.25. The maximum absolute atomic E-state index is 14.0. The minimum Gasteiger partial charge on any atom is -0.383 e. The highest BCUT2D eigenvalue weighted by Crippen LogP contribution is 2.26. The van der Waals surface area contributed by atoms with Gasteiger partial charge in [-0.2, -0.15) is 0 Å². The number of amides is 1. The molecule has 0 aliphatic carbocycles. The quantitative estimate of drug-likeness (QED) is 0.673. The average Bonchev–Trinajstić information content (AvgIpc) is 3.15. The second kappa shape index (κ2) is 7.33. The summed E-state index contributed by atoms with van der Waals surface area (Å²) in [7, 11) is 1.61. The summed E-state index contributed by atoms with van der Waals surface area (Å²) in [6, 6.07) is 6.54. The number of nitrogens with zero attached hydrogens (tertiary/aromatic N) is 3. The molecule has 5 nitrogen and oxygen atoms in total. The number of imidazole rings is 1. The van der Waals surface area contributed by atoms with Crippen LogP contribution in [0.1, 0.15) is 24.3 Å². The van der Waals surface area contributed by atoms with E-state index in [0.29, 0.717) is 35.1 Å². The zero-order valence-electron chi connectivity index (χ0n) is 14.4. The number of benzene rings is 1. The Balaban J connectivity index is 1.97. The van der Waals surface area contributed by atoms with Crippen LogP contribution in [0.3, 0.4) is 0 Å². The smallest absolute Gasteiger partial charge is 0.272 e. The van der Waals surface area contributed by atoms with Crippen molar-refractivity contribution in [3.63, 3.8) is 0 Å². The monoisotopic (exact) mass is 361 g/mol. The van der Waals surface area contributed by atoms with Crippen LogP contribution < -0.4 is 0 Å². The number of hydrogen-bond donors (Lipinski definition) is 0. The van der Waals surface area contributed by atoms with Gasteiger partial charge in [0.2, 0.25) is 0 Å². The van der Waals surface area contributed by atoms with E-state index in [2.05, 4.69) is 4.98 Å². The summed E-state index contributed by atoms with van der Waals surface area (Å²) in [4.78, 5) is 19.8. The van der Waals surface area contributed by atoms with Crippen LogP contribution in [0, 0.1) is 5.82 Å². The summed E-state index contributed by atoms with van der Waals surface area (Å²) < 4.78 is 20.8. The van der Waals surface area contributed by atoms with Gasteiger partial charge in [-0.3, -0.25) is 9.20 Å². The second-order valence-electron chi connectivity index (χ2n) is 5.96. The average molecular weight is 361 g/mol. The third-order valence-electron chi connectivity index (χ3n) is 4.00. The lowest BCUT2D eigenvalue weighted by molar-refractivity contribution is 0.0628. The van der Waals surface area contributed by atoms with Crippen molar-refractivity contribution in [3.05, 3.63) is 47.4 Å². The lowest BCUT2D eigenvalue weighted by atomic mass is 10.1. The van der Waals surface area contributed by atoms with Crippen molar-refractivity contribution in [3.8, 4) is 11.3 Å². The van der Waals surface area contributed by atoms with Crippen LogP contribution in [0.5, 0.6) is 0 Å². The lowest BCUT2D eigenvalue weighted by Crippen LogP contribution is -2.39. The number of methoxy groups -OCH3 is 1. The normalized spacial score (nSPS) is 11.4. The van der Waals surface area contributed by atoms with E-state index in [9.17, 15) is 9.18 Å². The summed E-state index contributed by atoms with van der Waals surface area (Å²) in [5.74, 6) is -0.416. The van der Waals surface area contributed by atoms with Crippen molar-refractivity contribution in [2.24, 2.45) is 0 Å². The Morgan fingerprint density at radius 1 is 1.40 bits per heavy atom. The fraction of sp³-hybridized carbons (Fsp3) is 0.333. The van der Waals surface area contributed by atoms with Gasteiger partial charge in [0.05, 0.1) is 12.3 Å². The maximum atomic E-state index is 14.0. The van der Waals surface area contributed by atoms with Crippen molar-refractivity contribution < 1.29 is 13.9 Å². The van der Waals surface area contributed by atoms with Gasteiger partial charge in [0.15, 0.2) is 4.96 Å². The molecule has 2 aromatic heterocycles. The third kappa shape index (κ3) is 3.43. The van der Waals surface area contributed by atoms with Gasteiger partial charge in [-0.25, -0.2) is 9.37 Å². The number of halogens is 1. The Labute approximate surface area is 149 Å². The van der Waals surface area contributed by atoms with Crippen molar-refractivity contribution in [1.29, 1.82) is 0 Å².